The van der Waals surface area contributed by atoms with E-state index in [0.717, 1.165) is 6.54 Å². The van der Waals surface area contributed by atoms with E-state index >= 15 is 0 Å². The number of benzene rings is 1. The predicted octanol–water partition coefficient (Wildman–Crippen LogP) is 3.34. The van der Waals surface area contributed by atoms with Gasteiger partial charge in [0.2, 0.25) is 0 Å². The third kappa shape index (κ3) is 2.69. The molecule has 1 aromatic rings. The molecular weight excluding hydrogens is 202 g/mol. The highest BCUT2D eigenvalue weighted by Gasteiger charge is 2.11. The molecule has 1 aromatic carbocycles. The maximum Gasteiger partial charge on any atom is 0.0375 e. The molecule has 1 N–H and O–H groups in total. The van der Waals surface area contributed by atoms with Crippen molar-refractivity contribution in [2.45, 2.75) is 25.7 Å². The summed E-state index contributed by atoms with van der Waals surface area (Å²) >= 11 is 1.90. The van der Waals surface area contributed by atoms with Crippen LogP contribution in [0.4, 0.5) is 5.69 Å². The Bertz CT molecular complexity index is 322. The lowest BCUT2D eigenvalue weighted by atomic mass is 9.90. The van der Waals surface area contributed by atoms with Crippen molar-refractivity contribution in [3.63, 3.8) is 0 Å². The zero-order chi connectivity index (χ0) is 10.5. The SMILES string of the molecule is CSCCNc1cccc2c1CCCC2. The molecule has 82 valence electrons. The van der Waals surface area contributed by atoms with Gasteiger partial charge in [-0.15, -0.1) is 0 Å². The van der Waals surface area contributed by atoms with Crippen LogP contribution >= 0.6 is 11.8 Å². The Hall–Kier alpha value is -0.630. The van der Waals surface area contributed by atoms with E-state index in [1.54, 1.807) is 11.1 Å². The van der Waals surface area contributed by atoms with Crippen molar-refractivity contribution < 1.29 is 0 Å². The standard InChI is InChI=1S/C13H19NS/c1-15-10-9-14-13-8-4-6-11-5-2-3-7-12(11)13/h4,6,8,14H,2-3,5,7,9-10H2,1H3. The molecule has 0 atom stereocenters. The van der Waals surface area contributed by atoms with Gasteiger partial charge >= 0.3 is 0 Å². The summed E-state index contributed by atoms with van der Waals surface area (Å²) in [7, 11) is 0. The molecular formula is C13H19NS. The molecule has 0 aromatic heterocycles. The summed E-state index contributed by atoms with van der Waals surface area (Å²) in [5.74, 6) is 1.18. The van der Waals surface area contributed by atoms with Gasteiger partial charge in [-0.3, -0.25) is 0 Å². The fraction of sp³-hybridized carbons (Fsp3) is 0.538. The van der Waals surface area contributed by atoms with Crippen LogP contribution in [-0.2, 0) is 12.8 Å². The molecule has 0 unspecified atom stereocenters. The zero-order valence-corrected chi connectivity index (χ0v) is 10.2. The molecule has 0 amide bonds. The summed E-state index contributed by atoms with van der Waals surface area (Å²) in [5, 5.41) is 3.55. The molecule has 0 saturated heterocycles. The van der Waals surface area contributed by atoms with E-state index in [1.165, 1.54) is 37.1 Å². The molecule has 2 rings (SSSR count). The minimum atomic E-state index is 1.08. The third-order valence-corrected chi connectivity index (χ3v) is 3.63. The molecule has 1 nitrogen and oxygen atoms in total. The monoisotopic (exact) mass is 221 g/mol. The number of thioether (sulfide) groups is 1. The molecule has 1 aliphatic rings. The number of hydrogen-bond acceptors (Lipinski definition) is 2. The number of nitrogens with one attached hydrogen (secondary N) is 1. The van der Waals surface area contributed by atoms with Crippen molar-refractivity contribution >= 4 is 17.4 Å². The molecule has 0 aliphatic heterocycles. The third-order valence-electron chi connectivity index (χ3n) is 3.02. The summed E-state index contributed by atoms with van der Waals surface area (Å²) in [6.45, 7) is 1.08. The van der Waals surface area contributed by atoms with E-state index in [9.17, 15) is 0 Å². The molecule has 0 radical (unpaired) electrons. The highest BCUT2D eigenvalue weighted by atomic mass is 32.2. The van der Waals surface area contributed by atoms with Crippen molar-refractivity contribution in [2.75, 3.05) is 23.9 Å². The normalized spacial score (nSPS) is 14.7. The van der Waals surface area contributed by atoms with Gasteiger partial charge in [0.05, 0.1) is 0 Å². The summed E-state index contributed by atoms with van der Waals surface area (Å²) in [6, 6.07) is 6.70. The van der Waals surface area contributed by atoms with E-state index < -0.39 is 0 Å². The highest BCUT2D eigenvalue weighted by molar-refractivity contribution is 7.98. The molecule has 0 fully saturated rings. The van der Waals surface area contributed by atoms with Crippen molar-refractivity contribution in [2.24, 2.45) is 0 Å². The number of anilines is 1. The summed E-state index contributed by atoms with van der Waals surface area (Å²) in [5.41, 5.74) is 4.52. The van der Waals surface area contributed by atoms with Crippen molar-refractivity contribution in [3.8, 4) is 0 Å². The Morgan fingerprint density at radius 1 is 1.27 bits per heavy atom. The van der Waals surface area contributed by atoms with E-state index in [1.807, 2.05) is 11.8 Å². The van der Waals surface area contributed by atoms with Crippen LogP contribution in [0.25, 0.3) is 0 Å². The van der Waals surface area contributed by atoms with E-state index in [2.05, 4.69) is 29.8 Å². The maximum absolute atomic E-state index is 3.55. The molecule has 0 bridgehead atoms. The van der Waals surface area contributed by atoms with Gasteiger partial charge in [-0.1, -0.05) is 12.1 Å². The molecule has 0 saturated carbocycles. The van der Waals surface area contributed by atoms with Crippen LogP contribution in [-0.4, -0.2) is 18.6 Å². The Kier molecular flexibility index (Phi) is 3.95. The Morgan fingerprint density at radius 2 is 2.13 bits per heavy atom. The van der Waals surface area contributed by atoms with Gasteiger partial charge < -0.3 is 5.32 Å². The van der Waals surface area contributed by atoms with E-state index in [4.69, 9.17) is 0 Å². The number of hydrogen-bond donors (Lipinski definition) is 1. The van der Waals surface area contributed by atoms with Gasteiger partial charge in [0.15, 0.2) is 0 Å². The number of aryl methyl sites for hydroxylation is 1. The maximum atomic E-state index is 3.55. The Balaban J connectivity index is 2.09. The van der Waals surface area contributed by atoms with Crippen LogP contribution in [0.15, 0.2) is 18.2 Å². The van der Waals surface area contributed by atoms with Crippen molar-refractivity contribution in [1.82, 2.24) is 0 Å². The number of fused-ring (bicyclic) bond motifs is 1. The van der Waals surface area contributed by atoms with Gasteiger partial charge in [-0.25, -0.2) is 0 Å². The van der Waals surface area contributed by atoms with Crippen LogP contribution in [0.2, 0.25) is 0 Å². The molecule has 0 spiro atoms. The first-order chi connectivity index (χ1) is 7.42. The first kappa shape index (κ1) is 10.9. The lowest BCUT2D eigenvalue weighted by molar-refractivity contribution is 0.686. The summed E-state index contributed by atoms with van der Waals surface area (Å²) in [4.78, 5) is 0. The Morgan fingerprint density at radius 3 is 3.00 bits per heavy atom. The van der Waals surface area contributed by atoms with Crippen LogP contribution in [0, 0.1) is 0 Å². The largest absolute Gasteiger partial charge is 0.384 e. The molecule has 1 aliphatic carbocycles. The van der Waals surface area contributed by atoms with Crippen molar-refractivity contribution in [3.05, 3.63) is 29.3 Å². The summed E-state index contributed by atoms with van der Waals surface area (Å²) < 4.78 is 0. The predicted molar refractivity (Wildman–Crippen MR) is 70.0 cm³/mol. The van der Waals surface area contributed by atoms with Gasteiger partial charge in [0.1, 0.15) is 0 Å². The van der Waals surface area contributed by atoms with Crippen LogP contribution in [0.5, 0.6) is 0 Å². The fourth-order valence-corrected chi connectivity index (χ4v) is 2.54. The van der Waals surface area contributed by atoms with Crippen LogP contribution in [0.3, 0.4) is 0 Å². The average Bonchev–Trinajstić information content (AvgIpc) is 2.30. The fourth-order valence-electron chi connectivity index (χ4n) is 2.23. The second kappa shape index (κ2) is 5.45. The average molecular weight is 221 g/mol. The molecule has 2 heteroatoms. The summed E-state index contributed by atoms with van der Waals surface area (Å²) in [6.07, 6.45) is 7.41. The Labute approximate surface area is 96.7 Å². The van der Waals surface area contributed by atoms with Crippen molar-refractivity contribution in [1.29, 1.82) is 0 Å². The number of rotatable bonds is 4. The second-order valence-corrected chi connectivity index (χ2v) is 5.06. The quantitative estimate of drug-likeness (QED) is 0.783. The smallest absolute Gasteiger partial charge is 0.0375 e. The molecule has 0 heterocycles. The van der Waals surface area contributed by atoms with E-state index in [-0.39, 0.29) is 0 Å². The first-order valence-corrected chi connectivity index (χ1v) is 7.15. The van der Waals surface area contributed by atoms with Crippen LogP contribution < -0.4 is 5.32 Å². The topological polar surface area (TPSA) is 12.0 Å². The van der Waals surface area contributed by atoms with Gasteiger partial charge in [-0.05, 0) is 49.1 Å². The van der Waals surface area contributed by atoms with Gasteiger partial charge in [0.25, 0.3) is 0 Å². The van der Waals surface area contributed by atoms with Gasteiger partial charge in [-0.2, -0.15) is 11.8 Å². The second-order valence-electron chi connectivity index (χ2n) is 4.07. The molecule has 15 heavy (non-hydrogen) atoms. The lowest BCUT2D eigenvalue weighted by Crippen LogP contribution is -2.10. The van der Waals surface area contributed by atoms with E-state index in [0.29, 0.717) is 0 Å². The first-order valence-electron chi connectivity index (χ1n) is 5.75. The van der Waals surface area contributed by atoms with Crippen LogP contribution in [0.1, 0.15) is 24.0 Å². The van der Waals surface area contributed by atoms with Gasteiger partial charge in [0, 0.05) is 18.0 Å². The zero-order valence-electron chi connectivity index (χ0n) is 9.38. The minimum Gasteiger partial charge on any atom is -0.384 e. The minimum absolute atomic E-state index is 1.08. The highest BCUT2D eigenvalue weighted by Crippen LogP contribution is 2.27. The lowest BCUT2D eigenvalue weighted by Gasteiger charge is -2.20.